The molecule has 4 rings (SSSR count). The lowest BCUT2D eigenvalue weighted by atomic mass is 9.49. The molecule has 0 aromatic heterocycles. The van der Waals surface area contributed by atoms with E-state index in [4.69, 9.17) is 4.74 Å². The number of nitriles is 1. The second kappa shape index (κ2) is 5.49. The molecule has 1 aromatic carbocycles. The summed E-state index contributed by atoms with van der Waals surface area (Å²) in [6, 6.07) is 8.19. The van der Waals surface area contributed by atoms with Crippen molar-refractivity contribution in [3.63, 3.8) is 0 Å². The minimum atomic E-state index is -0.462. The molecule has 2 fully saturated rings. The van der Waals surface area contributed by atoms with Gasteiger partial charge in [0.2, 0.25) is 0 Å². The number of hydrogen-bond donors (Lipinski definition) is 1. The van der Waals surface area contributed by atoms with Crippen LogP contribution in [0.4, 0.5) is 0 Å². The number of aryl methyl sites for hydroxylation is 1. The Morgan fingerprint density at radius 3 is 2.88 bits per heavy atom. The largest absolute Gasteiger partial charge is 0.508 e. The maximum absolute atomic E-state index is 11.4. The molecule has 5 atom stereocenters. The van der Waals surface area contributed by atoms with Crippen molar-refractivity contribution in [2.45, 2.75) is 63.9 Å². The van der Waals surface area contributed by atoms with Gasteiger partial charge in [0.1, 0.15) is 11.9 Å². The monoisotopic (exact) mass is 339 g/mol. The topological polar surface area (TPSA) is 70.3 Å². The van der Waals surface area contributed by atoms with Crippen LogP contribution >= 0.6 is 0 Å². The highest BCUT2D eigenvalue weighted by Crippen LogP contribution is 2.63. The van der Waals surface area contributed by atoms with Gasteiger partial charge >= 0.3 is 5.97 Å². The van der Waals surface area contributed by atoms with Gasteiger partial charge in [-0.05, 0) is 79.0 Å². The van der Waals surface area contributed by atoms with Crippen LogP contribution in [0.3, 0.4) is 0 Å². The van der Waals surface area contributed by atoms with Crippen molar-refractivity contribution in [1.29, 1.82) is 5.26 Å². The van der Waals surface area contributed by atoms with Gasteiger partial charge in [0.05, 0.1) is 11.5 Å². The molecule has 0 saturated heterocycles. The number of benzene rings is 1. The lowest BCUT2D eigenvalue weighted by molar-refractivity contribution is -0.146. The Labute approximate surface area is 148 Å². The van der Waals surface area contributed by atoms with Crippen LogP contribution in [0.2, 0.25) is 0 Å². The van der Waals surface area contributed by atoms with Crippen LogP contribution in [-0.4, -0.2) is 17.2 Å². The van der Waals surface area contributed by atoms with E-state index >= 15 is 0 Å². The molecule has 0 aliphatic heterocycles. The Hall–Kier alpha value is -2.02. The number of phenols is 1. The van der Waals surface area contributed by atoms with Crippen LogP contribution in [-0.2, 0) is 21.4 Å². The summed E-state index contributed by atoms with van der Waals surface area (Å²) >= 11 is 0. The van der Waals surface area contributed by atoms with Crippen LogP contribution in [0.5, 0.6) is 5.75 Å². The van der Waals surface area contributed by atoms with Gasteiger partial charge in [0, 0.05) is 6.92 Å². The van der Waals surface area contributed by atoms with Gasteiger partial charge in [-0.15, -0.1) is 0 Å². The standard InChI is InChI=1S/C21H25NO3/c1-13(23)25-16-10-19-18-5-3-14-9-15(24)4-6-17(14)21(18,12-22)8-7-20(19,2)11-16/h4,6,9,16,18-19,24H,3,5,7-8,10-11H2,1-2H3/t16-,18?,19?,20-,21+/m1/s1. The maximum atomic E-state index is 11.4. The highest BCUT2D eigenvalue weighted by Gasteiger charge is 2.60. The van der Waals surface area contributed by atoms with Gasteiger partial charge in [-0.25, -0.2) is 0 Å². The summed E-state index contributed by atoms with van der Waals surface area (Å²) in [4.78, 5) is 11.4. The lowest BCUT2D eigenvalue weighted by Gasteiger charge is -2.53. The third kappa shape index (κ3) is 2.36. The number of aromatic hydroxyl groups is 1. The number of rotatable bonds is 1. The van der Waals surface area contributed by atoms with E-state index in [0.29, 0.717) is 11.8 Å². The molecule has 4 nitrogen and oxygen atoms in total. The number of fused-ring (bicyclic) bond motifs is 5. The van der Waals surface area contributed by atoms with Crippen molar-refractivity contribution in [1.82, 2.24) is 0 Å². The predicted octanol–water partition coefficient (Wildman–Crippen LogP) is 3.86. The van der Waals surface area contributed by atoms with Gasteiger partial charge in [0.25, 0.3) is 0 Å². The Kier molecular flexibility index (Phi) is 3.61. The summed E-state index contributed by atoms with van der Waals surface area (Å²) in [7, 11) is 0. The molecule has 0 bridgehead atoms. The molecule has 3 aliphatic carbocycles. The first-order valence-electron chi connectivity index (χ1n) is 9.29. The zero-order valence-corrected chi connectivity index (χ0v) is 14.9. The summed E-state index contributed by atoms with van der Waals surface area (Å²) < 4.78 is 5.54. The Bertz CT molecular complexity index is 767. The summed E-state index contributed by atoms with van der Waals surface area (Å²) in [5.41, 5.74) is 1.92. The number of hydrogen-bond acceptors (Lipinski definition) is 4. The number of phenolic OH excluding ortho intramolecular Hbond substituents is 1. The molecule has 132 valence electrons. The molecule has 25 heavy (non-hydrogen) atoms. The predicted molar refractivity (Wildman–Crippen MR) is 92.8 cm³/mol. The number of esters is 1. The number of ether oxygens (including phenoxy) is 1. The molecule has 1 N–H and O–H groups in total. The van der Waals surface area contributed by atoms with Gasteiger partial charge < -0.3 is 9.84 Å². The fourth-order valence-electron chi connectivity index (χ4n) is 6.11. The first-order valence-corrected chi connectivity index (χ1v) is 9.29. The van der Waals surface area contributed by atoms with Crippen LogP contribution in [0.1, 0.15) is 57.1 Å². The van der Waals surface area contributed by atoms with Crippen LogP contribution in [0, 0.1) is 28.6 Å². The van der Waals surface area contributed by atoms with Crippen LogP contribution in [0.15, 0.2) is 18.2 Å². The van der Waals surface area contributed by atoms with E-state index in [1.54, 1.807) is 6.07 Å². The zero-order valence-electron chi connectivity index (χ0n) is 14.9. The molecule has 1 aromatic rings. The second-order valence-electron chi connectivity index (χ2n) is 8.50. The molecule has 0 radical (unpaired) electrons. The highest BCUT2D eigenvalue weighted by atomic mass is 16.5. The van der Waals surface area contributed by atoms with Crippen molar-refractivity contribution in [2.75, 3.05) is 0 Å². The smallest absolute Gasteiger partial charge is 0.302 e. The quantitative estimate of drug-likeness (QED) is 0.789. The zero-order chi connectivity index (χ0) is 17.8. The van der Waals surface area contributed by atoms with Gasteiger partial charge in [-0.1, -0.05) is 13.0 Å². The van der Waals surface area contributed by atoms with E-state index in [9.17, 15) is 15.2 Å². The molecule has 2 saturated carbocycles. The van der Waals surface area contributed by atoms with Gasteiger partial charge in [-0.2, -0.15) is 5.26 Å². The number of carbonyl (C=O) groups excluding carboxylic acids is 1. The molecule has 0 heterocycles. The van der Waals surface area contributed by atoms with Gasteiger partial charge in [0.15, 0.2) is 0 Å². The average Bonchev–Trinajstić information content (AvgIpc) is 2.89. The van der Waals surface area contributed by atoms with E-state index in [1.165, 1.54) is 6.92 Å². The fourth-order valence-corrected chi connectivity index (χ4v) is 6.11. The molecular formula is C21H25NO3. The second-order valence-corrected chi connectivity index (χ2v) is 8.50. The summed E-state index contributed by atoms with van der Waals surface area (Å²) in [5.74, 6) is 0.783. The van der Waals surface area contributed by atoms with E-state index < -0.39 is 5.41 Å². The first kappa shape index (κ1) is 16.4. The van der Waals surface area contributed by atoms with Crippen molar-refractivity contribution < 1.29 is 14.6 Å². The highest BCUT2D eigenvalue weighted by molar-refractivity contribution is 5.66. The lowest BCUT2D eigenvalue weighted by Crippen LogP contribution is -2.50. The van der Waals surface area contributed by atoms with Crippen molar-refractivity contribution in [3.8, 4) is 11.8 Å². The number of carbonyl (C=O) groups is 1. The van der Waals surface area contributed by atoms with E-state index in [0.717, 1.165) is 49.7 Å². The van der Waals surface area contributed by atoms with Crippen LogP contribution in [0.25, 0.3) is 0 Å². The van der Waals surface area contributed by atoms with Crippen molar-refractivity contribution >= 4 is 5.97 Å². The third-order valence-electron chi connectivity index (χ3n) is 7.14. The molecular weight excluding hydrogens is 314 g/mol. The molecule has 4 heteroatoms. The first-order chi connectivity index (χ1) is 11.9. The Balaban J connectivity index is 1.73. The minimum absolute atomic E-state index is 0.0109. The SMILES string of the molecule is CC(=O)O[C@@H]1CC2C3CCc4cc(O)ccc4[C@@]3(C#N)CC[C@]2(C)C1. The van der Waals surface area contributed by atoms with Crippen molar-refractivity contribution in [2.24, 2.45) is 17.3 Å². The summed E-state index contributed by atoms with van der Waals surface area (Å²) in [5, 5.41) is 20.0. The fraction of sp³-hybridized carbons (Fsp3) is 0.619. The minimum Gasteiger partial charge on any atom is -0.508 e. The average molecular weight is 339 g/mol. The molecule has 0 spiro atoms. The summed E-state index contributed by atoms with van der Waals surface area (Å²) in [6.07, 6.45) is 5.49. The van der Waals surface area contributed by atoms with Gasteiger partial charge in [-0.3, -0.25) is 4.79 Å². The summed E-state index contributed by atoms with van der Waals surface area (Å²) in [6.45, 7) is 3.79. The Morgan fingerprint density at radius 1 is 1.36 bits per heavy atom. The van der Waals surface area contributed by atoms with Crippen molar-refractivity contribution in [3.05, 3.63) is 29.3 Å². The molecule has 2 unspecified atom stereocenters. The normalized spacial score (nSPS) is 38.8. The molecule has 0 amide bonds. The van der Waals surface area contributed by atoms with E-state index in [1.807, 2.05) is 12.1 Å². The third-order valence-corrected chi connectivity index (χ3v) is 7.14. The van der Waals surface area contributed by atoms with E-state index in [-0.39, 0.29) is 23.2 Å². The number of nitrogens with zero attached hydrogens (tertiary/aromatic N) is 1. The molecule has 3 aliphatic rings. The maximum Gasteiger partial charge on any atom is 0.302 e. The van der Waals surface area contributed by atoms with E-state index in [2.05, 4.69) is 13.0 Å². The Morgan fingerprint density at radius 2 is 2.16 bits per heavy atom. The van der Waals surface area contributed by atoms with Crippen LogP contribution < -0.4 is 0 Å².